The van der Waals surface area contributed by atoms with E-state index in [2.05, 4.69) is 18.8 Å². The molecule has 1 aliphatic heterocycles. The van der Waals surface area contributed by atoms with Gasteiger partial charge in [-0.05, 0) is 67.2 Å². The number of amides is 2. The number of hydrogen-bond donors (Lipinski definition) is 1. The summed E-state index contributed by atoms with van der Waals surface area (Å²) >= 11 is 5.62. The Hall–Kier alpha value is -3.39. The number of nitrogens with zero attached hydrogens (tertiary/aromatic N) is 3. The molecule has 1 N–H and O–H groups in total. The Morgan fingerprint density at radius 2 is 1.85 bits per heavy atom. The zero-order valence-corrected chi connectivity index (χ0v) is 20.8. The van der Waals surface area contributed by atoms with Gasteiger partial charge in [0.05, 0.1) is 18.7 Å². The molecule has 3 rings (SSSR count). The van der Waals surface area contributed by atoms with Gasteiger partial charge in [0.15, 0.2) is 5.11 Å². The standard InChI is InChI=1S/C26H32N4O3S/c1-5-7-17-33-22-14-12-21(13-15-22)30-24(31)18-23(25(30)32)29(16-6-2)26(34)27-19-8-10-20(11-9-19)28(3)4/h6,8-15,23H,2,5,7,16-18H2,1,3-4H3,(H,27,34)/t23-/m0/s1. The summed E-state index contributed by atoms with van der Waals surface area (Å²) < 4.78 is 5.68. The van der Waals surface area contributed by atoms with Gasteiger partial charge in [-0.3, -0.25) is 9.59 Å². The molecule has 0 bridgehead atoms. The summed E-state index contributed by atoms with van der Waals surface area (Å²) in [5, 5.41) is 3.55. The molecule has 8 heteroatoms. The first-order valence-electron chi connectivity index (χ1n) is 11.4. The zero-order valence-electron chi connectivity index (χ0n) is 20.0. The topological polar surface area (TPSA) is 65.1 Å². The largest absolute Gasteiger partial charge is 0.494 e. The van der Waals surface area contributed by atoms with Gasteiger partial charge in [0, 0.05) is 32.0 Å². The summed E-state index contributed by atoms with van der Waals surface area (Å²) in [5.74, 6) is 0.146. The molecule has 0 radical (unpaired) electrons. The predicted octanol–water partition coefficient (Wildman–Crippen LogP) is 4.45. The van der Waals surface area contributed by atoms with Crippen molar-refractivity contribution in [2.24, 2.45) is 0 Å². The Balaban J connectivity index is 1.72. The molecule has 0 spiro atoms. The van der Waals surface area contributed by atoms with Gasteiger partial charge in [-0.15, -0.1) is 6.58 Å². The average molecular weight is 481 g/mol. The van der Waals surface area contributed by atoms with Gasteiger partial charge in [-0.1, -0.05) is 19.4 Å². The minimum absolute atomic E-state index is 0.0445. The van der Waals surface area contributed by atoms with Gasteiger partial charge in [-0.25, -0.2) is 4.90 Å². The van der Waals surface area contributed by atoms with Gasteiger partial charge >= 0.3 is 0 Å². The summed E-state index contributed by atoms with van der Waals surface area (Å²) in [6.45, 7) is 6.87. The maximum Gasteiger partial charge on any atom is 0.257 e. The molecule has 2 amide bonds. The van der Waals surface area contributed by atoms with Crippen molar-refractivity contribution < 1.29 is 14.3 Å². The third kappa shape index (κ3) is 5.94. The quantitative estimate of drug-likeness (QED) is 0.233. The number of rotatable bonds is 10. The van der Waals surface area contributed by atoms with Crippen LogP contribution in [0.1, 0.15) is 26.2 Å². The number of benzene rings is 2. The van der Waals surface area contributed by atoms with Crippen LogP contribution in [-0.2, 0) is 9.59 Å². The molecule has 0 saturated carbocycles. The monoisotopic (exact) mass is 480 g/mol. The number of imide groups is 1. The first-order chi connectivity index (χ1) is 16.3. The number of ether oxygens (including phenoxy) is 1. The number of unbranched alkanes of at least 4 members (excludes halogenated alkanes) is 1. The Kier molecular flexibility index (Phi) is 8.65. The number of nitrogens with one attached hydrogen (secondary N) is 1. The molecule has 2 aromatic carbocycles. The van der Waals surface area contributed by atoms with Crippen LogP contribution in [0.4, 0.5) is 17.1 Å². The molecule has 180 valence electrons. The molecule has 7 nitrogen and oxygen atoms in total. The molecule has 1 heterocycles. The van der Waals surface area contributed by atoms with Crippen LogP contribution in [0.2, 0.25) is 0 Å². The highest BCUT2D eigenvalue weighted by molar-refractivity contribution is 7.80. The van der Waals surface area contributed by atoms with Crippen molar-refractivity contribution in [1.29, 1.82) is 0 Å². The van der Waals surface area contributed by atoms with Crippen LogP contribution in [-0.4, -0.2) is 55.1 Å². The first kappa shape index (κ1) is 25.2. The van der Waals surface area contributed by atoms with Crippen LogP contribution < -0.4 is 19.9 Å². The van der Waals surface area contributed by atoms with E-state index < -0.39 is 6.04 Å². The van der Waals surface area contributed by atoms with E-state index in [-0.39, 0.29) is 18.2 Å². The van der Waals surface area contributed by atoms with E-state index in [1.54, 1.807) is 35.2 Å². The summed E-state index contributed by atoms with van der Waals surface area (Å²) in [6.07, 6.45) is 3.74. The summed E-state index contributed by atoms with van der Waals surface area (Å²) in [4.78, 5) is 31.1. The third-order valence-electron chi connectivity index (χ3n) is 5.58. The molecule has 0 aromatic heterocycles. The van der Waals surface area contributed by atoms with Crippen molar-refractivity contribution in [3.05, 3.63) is 61.2 Å². The number of thiocarbonyl (C=S) groups is 1. The van der Waals surface area contributed by atoms with E-state index >= 15 is 0 Å². The predicted molar refractivity (Wildman–Crippen MR) is 142 cm³/mol. The van der Waals surface area contributed by atoms with Crippen molar-refractivity contribution in [2.75, 3.05) is 42.4 Å². The van der Waals surface area contributed by atoms with E-state index in [1.807, 2.05) is 43.3 Å². The van der Waals surface area contributed by atoms with Gasteiger partial charge < -0.3 is 19.9 Å². The summed E-state index contributed by atoms with van der Waals surface area (Å²) in [7, 11) is 3.95. The lowest BCUT2D eigenvalue weighted by molar-refractivity contribution is -0.122. The molecule has 0 unspecified atom stereocenters. The minimum Gasteiger partial charge on any atom is -0.494 e. The molecule has 1 atom stereocenters. The Bertz CT molecular complexity index is 1020. The van der Waals surface area contributed by atoms with E-state index in [0.29, 0.717) is 29.7 Å². The maximum absolute atomic E-state index is 13.3. The number of carbonyl (C=O) groups is 2. The van der Waals surface area contributed by atoms with E-state index in [0.717, 1.165) is 24.2 Å². The number of carbonyl (C=O) groups excluding carboxylic acids is 2. The molecule has 1 saturated heterocycles. The van der Waals surface area contributed by atoms with E-state index in [1.165, 1.54) is 4.90 Å². The SMILES string of the molecule is C=CCN(C(=S)Nc1ccc(N(C)C)cc1)[C@H]1CC(=O)N(c2ccc(OCCCC)cc2)C1=O. The van der Waals surface area contributed by atoms with E-state index in [4.69, 9.17) is 17.0 Å². The summed E-state index contributed by atoms with van der Waals surface area (Å²) in [5.41, 5.74) is 2.39. The average Bonchev–Trinajstić information content (AvgIpc) is 3.11. The summed E-state index contributed by atoms with van der Waals surface area (Å²) in [6, 6.07) is 14.1. The molecule has 1 fully saturated rings. The fourth-order valence-corrected chi connectivity index (χ4v) is 4.01. The van der Waals surface area contributed by atoms with Crippen LogP contribution in [0.15, 0.2) is 61.2 Å². The molecule has 0 aliphatic carbocycles. The van der Waals surface area contributed by atoms with Crippen LogP contribution >= 0.6 is 12.2 Å². The Morgan fingerprint density at radius 1 is 1.18 bits per heavy atom. The second-order valence-electron chi connectivity index (χ2n) is 8.30. The first-order valence-corrected chi connectivity index (χ1v) is 11.8. The highest BCUT2D eigenvalue weighted by atomic mass is 32.1. The highest BCUT2D eigenvalue weighted by Gasteiger charge is 2.43. The zero-order chi connectivity index (χ0) is 24.7. The van der Waals surface area contributed by atoms with Crippen molar-refractivity contribution >= 4 is 46.2 Å². The smallest absolute Gasteiger partial charge is 0.257 e. The van der Waals surface area contributed by atoms with E-state index in [9.17, 15) is 9.59 Å². The van der Waals surface area contributed by atoms with Crippen LogP contribution in [0.25, 0.3) is 0 Å². The number of anilines is 3. The molecule has 34 heavy (non-hydrogen) atoms. The van der Waals surface area contributed by atoms with Crippen LogP contribution in [0.5, 0.6) is 5.75 Å². The fraction of sp³-hybridized carbons (Fsp3) is 0.346. The van der Waals surface area contributed by atoms with Crippen LogP contribution in [0.3, 0.4) is 0 Å². The third-order valence-corrected chi connectivity index (χ3v) is 5.92. The second kappa shape index (κ2) is 11.7. The lowest BCUT2D eigenvalue weighted by atomic mass is 10.2. The molecular formula is C26H32N4O3S. The van der Waals surface area contributed by atoms with Crippen molar-refractivity contribution in [3.63, 3.8) is 0 Å². The molecule has 1 aliphatic rings. The normalized spacial score (nSPS) is 15.3. The lowest BCUT2D eigenvalue weighted by Crippen LogP contribution is -2.47. The molecule has 2 aromatic rings. The number of hydrogen-bond acceptors (Lipinski definition) is 5. The molecular weight excluding hydrogens is 448 g/mol. The van der Waals surface area contributed by atoms with Gasteiger partial charge in [0.25, 0.3) is 5.91 Å². The Morgan fingerprint density at radius 3 is 2.44 bits per heavy atom. The maximum atomic E-state index is 13.3. The van der Waals surface area contributed by atoms with Crippen molar-refractivity contribution in [3.8, 4) is 5.75 Å². The minimum atomic E-state index is -0.702. The highest BCUT2D eigenvalue weighted by Crippen LogP contribution is 2.28. The Labute approximate surface area is 207 Å². The van der Waals surface area contributed by atoms with Crippen molar-refractivity contribution in [1.82, 2.24) is 4.90 Å². The van der Waals surface area contributed by atoms with Gasteiger partial charge in [0.2, 0.25) is 5.91 Å². The van der Waals surface area contributed by atoms with Crippen LogP contribution in [0, 0.1) is 0 Å². The lowest BCUT2D eigenvalue weighted by Gasteiger charge is -2.29. The van der Waals surface area contributed by atoms with Crippen molar-refractivity contribution in [2.45, 2.75) is 32.2 Å². The van der Waals surface area contributed by atoms with Gasteiger partial charge in [0.1, 0.15) is 11.8 Å². The van der Waals surface area contributed by atoms with Gasteiger partial charge in [-0.2, -0.15) is 0 Å². The fourth-order valence-electron chi connectivity index (χ4n) is 3.69. The second-order valence-corrected chi connectivity index (χ2v) is 8.68.